The molecule has 0 amide bonds. The van der Waals surface area contributed by atoms with Gasteiger partial charge in [-0.25, -0.2) is 4.98 Å². The first-order valence-corrected chi connectivity index (χ1v) is 6.61. The quantitative estimate of drug-likeness (QED) is 0.858. The van der Waals surface area contributed by atoms with Gasteiger partial charge in [0.15, 0.2) is 5.69 Å². The molecule has 1 aromatic carbocycles. The molecule has 20 heavy (non-hydrogen) atoms. The van der Waals surface area contributed by atoms with Gasteiger partial charge in [-0.1, -0.05) is 19.9 Å². The van der Waals surface area contributed by atoms with Crippen molar-refractivity contribution in [3.05, 3.63) is 35.2 Å². The fraction of sp³-hybridized carbons (Fsp3) is 0.375. The zero-order valence-corrected chi connectivity index (χ0v) is 12.6. The summed E-state index contributed by atoms with van der Waals surface area (Å²) in [6.07, 6.45) is 0. The van der Waals surface area contributed by atoms with Crippen LogP contribution >= 0.6 is 0 Å². The average molecular weight is 269 g/mol. The molecule has 0 aliphatic heterocycles. The maximum atomic E-state index is 9.12. The topological polar surface area (TPSA) is 50.8 Å². The van der Waals surface area contributed by atoms with E-state index in [9.17, 15) is 0 Å². The Morgan fingerprint density at radius 1 is 1.35 bits per heavy atom. The second kappa shape index (κ2) is 5.38. The van der Waals surface area contributed by atoms with Crippen molar-refractivity contribution in [2.75, 3.05) is 7.11 Å². The molecule has 0 spiro atoms. The van der Waals surface area contributed by atoms with Crippen LogP contribution in [0.5, 0.6) is 5.75 Å². The number of nitriles is 1. The Morgan fingerprint density at radius 2 is 2.05 bits per heavy atom. The first-order valence-electron chi connectivity index (χ1n) is 6.61. The van der Waals surface area contributed by atoms with E-state index in [-0.39, 0.29) is 0 Å². The highest BCUT2D eigenvalue weighted by Gasteiger charge is 2.17. The van der Waals surface area contributed by atoms with Gasteiger partial charge in [0.1, 0.15) is 17.6 Å². The molecule has 2 aromatic rings. The van der Waals surface area contributed by atoms with Gasteiger partial charge in [-0.3, -0.25) is 0 Å². The van der Waals surface area contributed by atoms with E-state index in [0.29, 0.717) is 11.6 Å². The minimum absolute atomic E-state index is 0.427. The predicted octanol–water partition coefficient (Wildman–Crippen LogP) is 3.40. The van der Waals surface area contributed by atoms with Gasteiger partial charge in [0.25, 0.3) is 0 Å². The van der Waals surface area contributed by atoms with Crippen LogP contribution in [0.1, 0.15) is 36.7 Å². The van der Waals surface area contributed by atoms with E-state index in [1.165, 1.54) is 5.56 Å². The minimum atomic E-state index is 0.427. The summed E-state index contributed by atoms with van der Waals surface area (Å²) in [5.41, 5.74) is 3.46. The molecule has 0 unspecified atom stereocenters. The summed E-state index contributed by atoms with van der Waals surface area (Å²) in [7, 11) is 3.56. The monoisotopic (exact) mass is 269 g/mol. The first kappa shape index (κ1) is 14.1. The van der Waals surface area contributed by atoms with Crippen molar-refractivity contribution in [1.82, 2.24) is 9.55 Å². The highest BCUT2D eigenvalue weighted by molar-refractivity contribution is 5.67. The number of rotatable bonds is 3. The molecule has 0 saturated heterocycles. The second-order valence-electron chi connectivity index (χ2n) is 5.15. The normalized spacial score (nSPS) is 10.7. The van der Waals surface area contributed by atoms with E-state index in [1.54, 1.807) is 7.11 Å². The Kier molecular flexibility index (Phi) is 3.80. The standard InChI is InChI=1S/C16H19N3O/c1-10(2)12-6-7-15(20-5)13(8-12)16-18-14(9-17)11(3)19(16)4/h6-8,10H,1-5H3. The average Bonchev–Trinajstić information content (AvgIpc) is 2.74. The Bertz CT molecular complexity index is 678. The minimum Gasteiger partial charge on any atom is -0.496 e. The number of ether oxygens (including phenoxy) is 1. The van der Waals surface area contributed by atoms with Crippen LogP contribution in [0.3, 0.4) is 0 Å². The van der Waals surface area contributed by atoms with Crippen molar-refractivity contribution < 1.29 is 4.74 Å². The van der Waals surface area contributed by atoms with E-state index < -0.39 is 0 Å². The highest BCUT2D eigenvalue weighted by Crippen LogP contribution is 2.33. The highest BCUT2D eigenvalue weighted by atomic mass is 16.5. The van der Waals surface area contributed by atoms with Crippen molar-refractivity contribution in [3.8, 4) is 23.2 Å². The summed E-state index contributed by atoms with van der Waals surface area (Å²) in [6.45, 7) is 6.19. The maximum Gasteiger partial charge on any atom is 0.162 e. The Balaban J connectivity index is 2.68. The third-order valence-electron chi connectivity index (χ3n) is 3.62. The lowest BCUT2D eigenvalue weighted by atomic mass is 10.00. The zero-order valence-electron chi connectivity index (χ0n) is 12.6. The fourth-order valence-electron chi connectivity index (χ4n) is 2.19. The van der Waals surface area contributed by atoms with Crippen LogP contribution in [-0.4, -0.2) is 16.7 Å². The second-order valence-corrected chi connectivity index (χ2v) is 5.15. The molecule has 4 nitrogen and oxygen atoms in total. The Morgan fingerprint density at radius 3 is 2.55 bits per heavy atom. The van der Waals surface area contributed by atoms with Gasteiger partial charge in [-0.05, 0) is 30.5 Å². The summed E-state index contributed by atoms with van der Waals surface area (Å²) in [5, 5.41) is 9.12. The summed E-state index contributed by atoms with van der Waals surface area (Å²) >= 11 is 0. The summed E-state index contributed by atoms with van der Waals surface area (Å²) in [4.78, 5) is 4.43. The molecular weight excluding hydrogens is 250 g/mol. The molecule has 1 aromatic heterocycles. The van der Waals surface area contributed by atoms with Gasteiger partial charge in [-0.2, -0.15) is 5.26 Å². The number of aromatic nitrogens is 2. The van der Waals surface area contributed by atoms with E-state index in [0.717, 1.165) is 22.8 Å². The number of benzene rings is 1. The van der Waals surface area contributed by atoms with Crippen molar-refractivity contribution in [3.63, 3.8) is 0 Å². The number of imidazole rings is 1. The van der Waals surface area contributed by atoms with Crippen molar-refractivity contribution in [2.45, 2.75) is 26.7 Å². The summed E-state index contributed by atoms with van der Waals surface area (Å²) in [6, 6.07) is 8.24. The molecule has 0 aliphatic rings. The molecule has 2 rings (SSSR count). The van der Waals surface area contributed by atoms with E-state index in [1.807, 2.05) is 24.6 Å². The molecule has 0 saturated carbocycles. The van der Waals surface area contributed by atoms with E-state index in [4.69, 9.17) is 10.00 Å². The van der Waals surface area contributed by atoms with Crippen LogP contribution < -0.4 is 4.74 Å². The van der Waals surface area contributed by atoms with Crippen LogP contribution in [0.4, 0.5) is 0 Å². The summed E-state index contributed by atoms with van der Waals surface area (Å²) < 4.78 is 7.37. The molecule has 104 valence electrons. The van der Waals surface area contributed by atoms with Crippen LogP contribution in [0.2, 0.25) is 0 Å². The van der Waals surface area contributed by atoms with Crippen LogP contribution in [-0.2, 0) is 7.05 Å². The molecule has 0 fully saturated rings. The van der Waals surface area contributed by atoms with Gasteiger partial charge in [0.05, 0.1) is 18.4 Å². The molecule has 0 radical (unpaired) electrons. The third kappa shape index (κ3) is 2.27. The first-order chi connectivity index (χ1) is 9.49. The van der Waals surface area contributed by atoms with Crippen LogP contribution in [0.15, 0.2) is 18.2 Å². The predicted molar refractivity (Wildman–Crippen MR) is 78.7 cm³/mol. The van der Waals surface area contributed by atoms with E-state index >= 15 is 0 Å². The number of hydrogen-bond donors (Lipinski definition) is 0. The van der Waals surface area contributed by atoms with Gasteiger partial charge < -0.3 is 9.30 Å². The van der Waals surface area contributed by atoms with Crippen molar-refractivity contribution in [2.24, 2.45) is 7.05 Å². The lowest BCUT2D eigenvalue weighted by molar-refractivity contribution is 0.415. The zero-order chi connectivity index (χ0) is 14.9. The molecular formula is C16H19N3O. The van der Waals surface area contributed by atoms with Gasteiger partial charge in [0.2, 0.25) is 0 Å². The number of nitrogens with zero attached hydrogens (tertiary/aromatic N) is 3. The Hall–Kier alpha value is -2.28. The summed E-state index contributed by atoms with van der Waals surface area (Å²) in [5.74, 6) is 1.96. The van der Waals surface area contributed by atoms with Crippen LogP contribution in [0.25, 0.3) is 11.4 Å². The van der Waals surface area contributed by atoms with Gasteiger partial charge in [-0.15, -0.1) is 0 Å². The van der Waals surface area contributed by atoms with Crippen LogP contribution in [0, 0.1) is 18.3 Å². The molecule has 0 N–H and O–H groups in total. The van der Waals surface area contributed by atoms with Gasteiger partial charge >= 0.3 is 0 Å². The van der Waals surface area contributed by atoms with Crippen molar-refractivity contribution in [1.29, 1.82) is 5.26 Å². The Labute approximate surface area is 119 Å². The molecule has 4 heteroatoms. The largest absolute Gasteiger partial charge is 0.496 e. The molecule has 0 atom stereocenters. The maximum absolute atomic E-state index is 9.12. The molecule has 0 bridgehead atoms. The van der Waals surface area contributed by atoms with Gasteiger partial charge in [0, 0.05) is 7.05 Å². The lowest BCUT2D eigenvalue weighted by Crippen LogP contribution is -1.99. The smallest absolute Gasteiger partial charge is 0.162 e. The number of methoxy groups -OCH3 is 1. The third-order valence-corrected chi connectivity index (χ3v) is 3.62. The molecule has 0 aliphatic carbocycles. The van der Waals surface area contributed by atoms with E-state index in [2.05, 4.69) is 37.0 Å². The fourth-order valence-corrected chi connectivity index (χ4v) is 2.19. The van der Waals surface area contributed by atoms with Crippen molar-refractivity contribution >= 4 is 0 Å². The lowest BCUT2D eigenvalue weighted by Gasteiger charge is -2.13. The SMILES string of the molecule is COc1ccc(C(C)C)cc1-c1nc(C#N)c(C)n1C. The number of hydrogen-bond acceptors (Lipinski definition) is 3. The molecule has 1 heterocycles.